The molecule has 0 spiro atoms. The van der Waals surface area contributed by atoms with Crippen LogP contribution in [0.5, 0.6) is 0 Å². The molecule has 0 saturated carbocycles. The molecule has 0 aliphatic rings. The molecular weight excluding hydrogens is 405 g/mol. The summed E-state index contributed by atoms with van der Waals surface area (Å²) in [5.74, 6) is -1.59. The summed E-state index contributed by atoms with van der Waals surface area (Å²) in [6.07, 6.45) is 0. The predicted molar refractivity (Wildman–Crippen MR) is 92.2 cm³/mol. The molecule has 0 amide bonds. The molecule has 9 heteroatoms. The van der Waals surface area contributed by atoms with Crippen LogP contribution in [0, 0.1) is 5.82 Å². The van der Waals surface area contributed by atoms with Gasteiger partial charge in [0.05, 0.1) is 34.5 Å². The smallest absolute Gasteiger partial charge is 0.340 e. The van der Waals surface area contributed by atoms with Crippen LogP contribution in [0.3, 0.4) is 0 Å². The lowest BCUT2D eigenvalue weighted by molar-refractivity contribution is 0.0601. The second-order valence-corrected chi connectivity index (χ2v) is 6.12. The van der Waals surface area contributed by atoms with E-state index in [0.717, 1.165) is 4.47 Å². The summed E-state index contributed by atoms with van der Waals surface area (Å²) in [5.41, 5.74) is 5.65. The number of hydrogen-bond donors (Lipinski definition) is 2. The quantitative estimate of drug-likeness (QED) is 0.614. The number of rotatable bonds is 3. The lowest BCUT2D eigenvalue weighted by atomic mass is 10.1. The Hall–Kier alpha value is -2.32. The number of nitrogens with one attached hydrogen (secondary N) is 1. The zero-order valence-electron chi connectivity index (χ0n) is 12.2. The SMILES string of the molecule is COC(=O)c1cc2c(N)noc2c(F)c1Nc1ccc(Br)cc1Cl. The molecule has 0 aliphatic heterocycles. The minimum atomic E-state index is -0.823. The molecule has 0 saturated heterocycles. The van der Waals surface area contributed by atoms with Gasteiger partial charge in [0.15, 0.2) is 11.6 Å². The highest BCUT2D eigenvalue weighted by Crippen LogP contribution is 2.36. The Morgan fingerprint density at radius 3 is 2.88 bits per heavy atom. The van der Waals surface area contributed by atoms with Gasteiger partial charge >= 0.3 is 5.97 Å². The van der Waals surface area contributed by atoms with Gasteiger partial charge in [-0.2, -0.15) is 0 Å². The van der Waals surface area contributed by atoms with Crippen LogP contribution < -0.4 is 11.1 Å². The van der Waals surface area contributed by atoms with Crippen molar-refractivity contribution in [1.82, 2.24) is 5.16 Å². The van der Waals surface area contributed by atoms with Crippen LogP contribution >= 0.6 is 27.5 Å². The second kappa shape index (κ2) is 6.29. The monoisotopic (exact) mass is 413 g/mol. The molecular formula is C15H10BrClFN3O3. The average Bonchev–Trinajstić information content (AvgIpc) is 2.92. The van der Waals surface area contributed by atoms with Gasteiger partial charge in [0.1, 0.15) is 0 Å². The van der Waals surface area contributed by atoms with Gasteiger partial charge in [0.25, 0.3) is 0 Å². The van der Waals surface area contributed by atoms with Crippen molar-refractivity contribution in [2.24, 2.45) is 0 Å². The highest BCUT2D eigenvalue weighted by Gasteiger charge is 2.24. The van der Waals surface area contributed by atoms with Crippen molar-refractivity contribution in [2.75, 3.05) is 18.2 Å². The third-order valence-corrected chi connectivity index (χ3v) is 4.13. The lowest BCUT2D eigenvalue weighted by Crippen LogP contribution is -2.08. The maximum absolute atomic E-state index is 14.8. The van der Waals surface area contributed by atoms with E-state index in [2.05, 4.69) is 26.4 Å². The Kier molecular flexibility index (Phi) is 4.33. The van der Waals surface area contributed by atoms with Crippen molar-refractivity contribution < 1.29 is 18.4 Å². The number of benzene rings is 2. The maximum Gasteiger partial charge on any atom is 0.340 e. The van der Waals surface area contributed by atoms with Gasteiger partial charge in [0, 0.05) is 4.47 Å². The number of methoxy groups -OCH3 is 1. The second-order valence-electron chi connectivity index (χ2n) is 4.80. The van der Waals surface area contributed by atoms with Crippen LogP contribution in [-0.2, 0) is 4.74 Å². The van der Waals surface area contributed by atoms with E-state index < -0.39 is 11.8 Å². The van der Waals surface area contributed by atoms with Crippen molar-refractivity contribution in [2.45, 2.75) is 0 Å². The molecule has 0 bridgehead atoms. The fourth-order valence-electron chi connectivity index (χ4n) is 2.17. The molecule has 3 N–H and O–H groups in total. The van der Waals surface area contributed by atoms with E-state index in [9.17, 15) is 9.18 Å². The number of anilines is 3. The first-order chi connectivity index (χ1) is 11.4. The largest absolute Gasteiger partial charge is 0.465 e. The summed E-state index contributed by atoms with van der Waals surface area (Å²) < 4.78 is 25.2. The number of nitrogen functional groups attached to an aromatic ring is 1. The van der Waals surface area contributed by atoms with Crippen LogP contribution in [-0.4, -0.2) is 18.2 Å². The Bertz CT molecular complexity index is 961. The normalized spacial score (nSPS) is 10.8. The molecule has 24 heavy (non-hydrogen) atoms. The first-order valence-electron chi connectivity index (χ1n) is 6.60. The van der Waals surface area contributed by atoms with E-state index in [1.807, 2.05) is 0 Å². The topological polar surface area (TPSA) is 90.4 Å². The Labute approximate surface area is 148 Å². The Morgan fingerprint density at radius 1 is 1.46 bits per heavy atom. The molecule has 1 aromatic heterocycles. The number of carbonyl (C=O) groups excluding carboxylic acids is 1. The standard InChI is InChI=1S/C15H10BrClFN3O3/c1-23-15(22)7-5-8-13(24-21-14(8)19)11(18)12(7)20-10-3-2-6(16)4-9(10)17/h2-5,20H,1H3,(H2,19,21). The highest BCUT2D eigenvalue weighted by molar-refractivity contribution is 9.10. The summed E-state index contributed by atoms with van der Waals surface area (Å²) in [5, 5.41) is 6.82. The first-order valence-corrected chi connectivity index (χ1v) is 7.77. The molecule has 2 aromatic carbocycles. The molecule has 0 unspecified atom stereocenters. The van der Waals surface area contributed by atoms with E-state index in [0.29, 0.717) is 10.7 Å². The van der Waals surface area contributed by atoms with Gasteiger partial charge in [-0.15, -0.1) is 0 Å². The molecule has 124 valence electrons. The molecule has 0 radical (unpaired) electrons. The number of nitrogens with zero attached hydrogens (tertiary/aromatic N) is 1. The van der Waals surface area contributed by atoms with E-state index in [-0.39, 0.29) is 28.0 Å². The van der Waals surface area contributed by atoms with Crippen molar-refractivity contribution in [3.63, 3.8) is 0 Å². The lowest BCUT2D eigenvalue weighted by Gasteiger charge is -2.13. The summed E-state index contributed by atoms with van der Waals surface area (Å²) in [7, 11) is 1.19. The minimum Gasteiger partial charge on any atom is -0.465 e. The molecule has 0 aliphatic carbocycles. The molecule has 3 rings (SSSR count). The van der Waals surface area contributed by atoms with E-state index in [1.54, 1.807) is 18.2 Å². The maximum atomic E-state index is 14.8. The number of nitrogens with two attached hydrogens (primary N) is 1. The van der Waals surface area contributed by atoms with Crippen LogP contribution in [0.4, 0.5) is 21.6 Å². The summed E-state index contributed by atoms with van der Waals surface area (Å²) in [6.45, 7) is 0. The number of halogens is 3. The summed E-state index contributed by atoms with van der Waals surface area (Å²) >= 11 is 9.42. The summed E-state index contributed by atoms with van der Waals surface area (Å²) in [6, 6.07) is 6.33. The van der Waals surface area contributed by atoms with Crippen LogP contribution in [0.2, 0.25) is 5.02 Å². The third kappa shape index (κ3) is 2.78. The van der Waals surface area contributed by atoms with Gasteiger partial charge in [-0.1, -0.05) is 32.7 Å². The van der Waals surface area contributed by atoms with Gasteiger partial charge in [0.2, 0.25) is 5.58 Å². The third-order valence-electron chi connectivity index (χ3n) is 3.33. The number of esters is 1. The van der Waals surface area contributed by atoms with Gasteiger partial charge in [-0.25, -0.2) is 9.18 Å². The van der Waals surface area contributed by atoms with Gasteiger partial charge < -0.3 is 20.3 Å². The molecule has 1 heterocycles. The van der Waals surface area contributed by atoms with Crippen molar-refractivity contribution in [1.29, 1.82) is 0 Å². The Morgan fingerprint density at radius 2 is 2.21 bits per heavy atom. The fraction of sp³-hybridized carbons (Fsp3) is 0.0667. The van der Waals surface area contributed by atoms with Crippen molar-refractivity contribution >= 4 is 61.7 Å². The molecule has 0 atom stereocenters. The van der Waals surface area contributed by atoms with Gasteiger partial charge in [-0.3, -0.25) is 0 Å². The predicted octanol–water partition coefficient (Wildman–Crippen LogP) is 4.50. The first kappa shape index (κ1) is 16.5. The zero-order chi connectivity index (χ0) is 17.4. The summed E-state index contributed by atoms with van der Waals surface area (Å²) in [4.78, 5) is 12.0. The Balaban J connectivity index is 2.21. The number of fused-ring (bicyclic) bond motifs is 1. The highest BCUT2D eigenvalue weighted by atomic mass is 79.9. The molecule has 6 nitrogen and oxygen atoms in total. The van der Waals surface area contributed by atoms with Crippen molar-refractivity contribution in [3.05, 3.63) is 45.1 Å². The minimum absolute atomic E-state index is 0.0257. The van der Waals surface area contributed by atoms with E-state index >= 15 is 0 Å². The molecule has 0 fully saturated rings. The average molecular weight is 415 g/mol. The number of carbonyl (C=O) groups is 1. The number of ether oxygens (including phenoxy) is 1. The van der Waals surface area contributed by atoms with Crippen LogP contribution in [0.1, 0.15) is 10.4 Å². The van der Waals surface area contributed by atoms with Gasteiger partial charge in [-0.05, 0) is 24.3 Å². The van der Waals surface area contributed by atoms with Crippen LogP contribution in [0.15, 0.2) is 33.3 Å². The fourth-order valence-corrected chi connectivity index (χ4v) is 2.89. The van der Waals surface area contributed by atoms with Crippen LogP contribution in [0.25, 0.3) is 11.0 Å². The van der Waals surface area contributed by atoms with E-state index in [4.69, 9.17) is 26.6 Å². The number of aromatic nitrogens is 1. The zero-order valence-corrected chi connectivity index (χ0v) is 14.5. The van der Waals surface area contributed by atoms with E-state index in [1.165, 1.54) is 13.2 Å². The van der Waals surface area contributed by atoms with Crippen molar-refractivity contribution in [3.8, 4) is 0 Å². The number of hydrogen-bond acceptors (Lipinski definition) is 6. The molecule has 3 aromatic rings.